The van der Waals surface area contributed by atoms with Crippen LogP contribution < -0.4 is 0 Å². The van der Waals surface area contributed by atoms with Crippen LogP contribution in [0.4, 0.5) is 0 Å². The van der Waals surface area contributed by atoms with Gasteiger partial charge >= 0.3 is 0 Å². The smallest absolute Gasteiger partial charge is 0.0947 e. The van der Waals surface area contributed by atoms with E-state index in [0.717, 1.165) is 13.2 Å². The first-order valence-electron chi connectivity index (χ1n) is 7.69. The number of rotatable bonds is 4. The summed E-state index contributed by atoms with van der Waals surface area (Å²) in [6.45, 7) is 4.28. The van der Waals surface area contributed by atoms with E-state index in [1.165, 1.54) is 44.3 Å². The largest absolute Gasteiger partial charge is 0.472 e. The SMILES string of the molecule is COC[C@H]1CCC2(CCN(Cc3ccoc3)CC2)N1C. The maximum Gasteiger partial charge on any atom is 0.0947 e. The summed E-state index contributed by atoms with van der Waals surface area (Å²) >= 11 is 0. The molecule has 0 aliphatic carbocycles. The third-order valence-electron chi connectivity index (χ3n) is 5.37. The molecule has 1 spiro atoms. The molecule has 0 aromatic carbocycles. The monoisotopic (exact) mass is 278 g/mol. The van der Waals surface area contributed by atoms with Crippen LogP contribution >= 0.6 is 0 Å². The predicted octanol–water partition coefficient (Wildman–Crippen LogP) is 2.35. The highest BCUT2D eigenvalue weighted by molar-refractivity contribution is 5.07. The summed E-state index contributed by atoms with van der Waals surface area (Å²) in [5.41, 5.74) is 1.72. The Kier molecular flexibility index (Phi) is 4.15. The van der Waals surface area contributed by atoms with E-state index in [-0.39, 0.29) is 0 Å². The molecular weight excluding hydrogens is 252 g/mol. The number of hydrogen-bond acceptors (Lipinski definition) is 4. The van der Waals surface area contributed by atoms with Gasteiger partial charge in [-0.1, -0.05) is 0 Å². The molecule has 2 aliphatic heterocycles. The van der Waals surface area contributed by atoms with E-state index in [1.807, 2.05) is 13.4 Å². The Hall–Kier alpha value is -0.840. The van der Waals surface area contributed by atoms with Crippen molar-refractivity contribution in [3.05, 3.63) is 24.2 Å². The first-order chi connectivity index (χ1) is 9.73. The fourth-order valence-corrected chi connectivity index (χ4v) is 3.95. The van der Waals surface area contributed by atoms with E-state index in [9.17, 15) is 0 Å². The first-order valence-corrected chi connectivity index (χ1v) is 7.69. The molecule has 112 valence electrons. The fourth-order valence-electron chi connectivity index (χ4n) is 3.95. The van der Waals surface area contributed by atoms with Crippen LogP contribution in [0.5, 0.6) is 0 Å². The standard InChI is InChI=1S/C16H26N2O2/c1-17-15(13-19-2)3-5-16(17)6-8-18(9-7-16)11-14-4-10-20-12-14/h4,10,12,15H,3,5-9,11,13H2,1-2H3/t15-/m1/s1. The minimum Gasteiger partial charge on any atom is -0.472 e. The van der Waals surface area contributed by atoms with E-state index < -0.39 is 0 Å². The zero-order chi connectivity index (χ0) is 14.0. The molecule has 0 saturated carbocycles. The Bertz CT molecular complexity index is 410. The summed E-state index contributed by atoms with van der Waals surface area (Å²) in [5, 5.41) is 0. The van der Waals surface area contributed by atoms with Gasteiger partial charge in [0.1, 0.15) is 0 Å². The average Bonchev–Trinajstić information content (AvgIpc) is 3.06. The molecule has 20 heavy (non-hydrogen) atoms. The number of ether oxygens (including phenoxy) is 1. The zero-order valence-corrected chi connectivity index (χ0v) is 12.7. The molecule has 4 nitrogen and oxygen atoms in total. The minimum atomic E-state index is 0.427. The van der Waals surface area contributed by atoms with Crippen molar-refractivity contribution in [2.24, 2.45) is 0 Å². The van der Waals surface area contributed by atoms with E-state index in [2.05, 4.69) is 22.9 Å². The van der Waals surface area contributed by atoms with Crippen LogP contribution in [0.1, 0.15) is 31.2 Å². The van der Waals surface area contributed by atoms with Gasteiger partial charge in [-0.05, 0) is 38.8 Å². The topological polar surface area (TPSA) is 28.9 Å². The summed E-state index contributed by atoms with van der Waals surface area (Å²) in [4.78, 5) is 5.15. The second kappa shape index (κ2) is 5.88. The molecule has 0 amide bonds. The summed E-state index contributed by atoms with van der Waals surface area (Å²) in [6, 6.07) is 2.68. The number of furan rings is 1. The van der Waals surface area contributed by atoms with Crippen molar-refractivity contribution in [2.75, 3.05) is 33.9 Å². The van der Waals surface area contributed by atoms with Crippen molar-refractivity contribution >= 4 is 0 Å². The molecule has 2 saturated heterocycles. The van der Waals surface area contributed by atoms with Crippen LogP contribution in [0.25, 0.3) is 0 Å². The molecule has 3 heterocycles. The van der Waals surface area contributed by atoms with E-state index in [1.54, 1.807) is 6.26 Å². The quantitative estimate of drug-likeness (QED) is 0.845. The molecule has 0 unspecified atom stereocenters. The second-order valence-corrected chi connectivity index (χ2v) is 6.39. The molecular formula is C16H26N2O2. The van der Waals surface area contributed by atoms with Crippen LogP contribution in [-0.4, -0.2) is 55.2 Å². The number of likely N-dealkylation sites (tertiary alicyclic amines) is 2. The number of nitrogens with zero attached hydrogens (tertiary/aromatic N) is 2. The van der Waals surface area contributed by atoms with Gasteiger partial charge in [0.15, 0.2) is 0 Å². The van der Waals surface area contributed by atoms with Gasteiger partial charge in [0.25, 0.3) is 0 Å². The van der Waals surface area contributed by atoms with Crippen molar-refractivity contribution in [3.8, 4) is 0 Å². The molecule has 1 aromatic rings. The third-order valence-corrected chi connectivity index (χ3v) is 5.37. The third kappa shape index (κ3) is 2.65. The Morgan fingerprint density at radius 1 is 1.35 bits per heavy atom. The maximum absolute atomic E-state index is 5.36. The number of methoxy groups -OCH3 is 1. The number of piperidine rings is 1. The minimum absolute atomic E-state index is 0.427. The lowest BCUT2D eigenvalue weighted by Gasteiger charge is -2.45. The van der Waals surface area contributed by atoms with Crippen LogP contribution in [0, 0.1) is 0 Å². The molecule has 2 aliphatic rings. The number of likely N-dealkylation sites (N-methyl/N-ethyl adjacent to an activating group) is 1. The fraction of sp³-hybridized carbons (Fsp3) is 0.750. The second-order valence-electron chi connectivity index (χ2n) is 6.39. The van der Waals surface area contributed by atoms with Crippen LogP contribution in [0.3, 0.4) is 0 Å². The Morgan fingerprint density at radius 3 is 2.80 bits per heavy atom. The molecule has 1 aromatic heterocycles. The lowest BCUT2D eigenvalue weighted by Crippen LogP contribution is -2.52. The lowest BCUT2D eigenvalue weighted by molar-refractivity contribution is 0.0282. The zero-order valence-electron chi connectivity index (χ0n) is 12.7. The summed E-state index contributed by atoms with van der Waals surface area (Å²) in [5.74, 6) is 0. The van der Waals surface area contributed by atoms with E-state index >= 15 is 0 Å². The van der Waals surface area contributed by atoms with Crippen LogP contribution in [0.2, 0.25) is 0 Å². The Morgan fingerprint density at radius 2 is 2.15 bits per heavy atom. The van der Waals surface area contributed by atoms with Crippen molar-refractivity contribution < 1.29 is 9.15 Å². The first kappa shape index (κ1) is 14.1. The van der Waals surface area contributed by atoms with Gasteiger partial charge in [0.2, 0.25) is 0 Å². The maximum atomic E-state index is 5.36. The average molecular weight is 278 g/mol. The Balaban J connectivity index is 1.55. The van der Waals surface area contributed by atoms with Gasteiger partial charge in [0, 0.05) is 43.9 Å². The summed E-state index contributed by atoms with van der Waals surface area (Å²) in [7, 11) is 4.11. The van der Waals surface area contributed by atoms with E-state index in [4.69, 9.17) is 9.15 Å². The van der Waals surface area contributed by atoms with Crippen molar-refractivity contribution in [1.82, 2.24) is 9.80 Å². The van der Waals surface area contributed by atoms with Crippen molar-refractivity contribution in [1.29, 1.82) is 0 Å². The molecule has 0 N–H and O–H groups in total. The highest BCUT2D eigenvalue weighted by atomic mass is 16.5. The molecule has 0 radical (unpaired) electrons. The van der Waals surface area contributed by atoms with Gasteiger partial charge in [-0.3, -0.25) is 9.80 Å². The summed E-state index contributed by atoms with van der Waals surface area (Å²) in [6.07, 6.45) is 8.80. The van der Waals surface area contributed by atoms with Gasteiger partial charge in [-0.25, -0.2) is 0 Å². The molecule has 4 heteroatoms. The molecule has 3 rings (SSSR count). The van der Waals surface area contributed by atoms with Crippen LogP contribution in [0.15, 0.2) is 23.0 Å². The van der Waals surface area contributed by atoms with Crippen molar-refractivity contribution in [3.63, 3.8) is 0 Å². The molecule has 1 atom stereocenters. The van der Waals surface area contributed by atoms with Gasteiger partial charge in [-0.2, -0.15) is 0 Å². The lowest BCUT2D eigenvalue weighted by atomic mass is 9.85. The van der Waals surface area contributed by atoms with Crippen molar-refractivity contribution in [2.45, 2.75) is 43.8 Å². The van der Waals surface area contributed by atoms with Gasteiger partial charge in [-0.15, -0.1) is 0 Å². The summed E-state index contributed by atoms with van der Waals surface area (Å²) < 4.78 is 10.5. The number of hydrogen-bond donors (Lipinski definition) is 0. The highest BCUT2D eigenvalue weighted by Gasteiger charge is 2.45. The van der Waals surface area contributed by atoms with Gasteiger partial charge in [0.05, 0.1) is 19.1 Å². The van der Waals surface area contributed by atoms with Crippen LogP contribution in [-0.2, 0) is 11.3 Å². The van der Waals surface area contributed by atoms with Gasteiger partial charge < -0.3 is 9.15 Å². The Labute approximate surface area is 121 Å². The predicted molar refractivity (Wildman–Crippen MR) is 78.6 cm³/mol. The molecule has 2 fully saturated rings. The highest BCUT2D eigenvalue weighted by Crippen LogP contribution is 2.40. The van der Waals surface area contributed by atoms with E-state index in [0.29, 0.717) is 11.6 Å². The molecule has 0 bridgehead atoms. The normalized spacial score (nSPS) is 27.4.